The van der Waals surface area contributed by atoms with Crippen molar-refractivity contribution >= 4 is 59.2 Å². The molecule has 3 aromatic rings. The summed E-state index contributed by atoms with van der Waals surface area (Å²) in [6.07, 6.45) is 0. The van der Waals surface area contributed by atoms with Gasteiger partial charge in [0, 0.05) is 15.1 Å². The smallest absolute Gasteiger partial charge is 0.0843 e. The van der Waals surface area contributed by atoms with Crippen LogP contribution in [0.1, 0.15) is 0 Å². The maximum Gasteiger partial charge on any atom is 0.154 e. The molecule has 109 valence electrons. The van der Waals surface area contributed by atoms with Crippen molar-refractivity contribution in [2.45, 2.75) is 0 Å². The normalized spacial score (nSPS) is 10.9. The summed E-state index contributed by atoms with van der Waals surface area (Å²) >= 11 is 18.1. The Balaban J connectivity index is 2.10. The first kappa shape index (κ1) is 15.6. The van der Waals surface area contributed by atoms with Crippen LogP contribution in [-0.2, 0) is 0 Å². The van der Waals surface area contributed by atoms with Crippen LogP contribution in [0, 0.1) is 0 Å². The lowest BCUT2D eigenvalue weighted by Crippen LogP contribution is -2.51. The van der Waals surface area contributed by atoms with Crippen LogP contribution in [0.25, 0.3) is 0 Å². The van der Waals surface area contributed by atoms with E-state index in [-0.39, 0.29) is 0 Å². The Morgan fingerprint density at radius 3 is 0.864 bits per heavy atom. The third-order valence-electron chi connectivity index (χ3n) is 3.40. The Hall–Kier alpha value is -1.25. The molecule has 0 unspecified atom stereocenters. The van der Waals surface area contributed by atoms with Crippen molar-refractivity contribution in [2.24, 2.45) is 0 Å². The summed E-state index contributed by atoms with van der Waals surface area (Å²) in [6, 6.07) is 24.2. The maximum absolute atomic E-state index is 6.03. The quantitative estimate of drug-likeness (QED) is 0.485. The molecule has 0 fully saturated rings. The monoisotopic (exact) mass is 361 g/mol. The SMILES string of the molecule is Clc1ccc([Si](c2ccc(Cl)cc2)c2ccc(Cl)cc2)cc1. The molecule has 0 spiro atoms. The van der Waals surface area contributed by atoms with Crippen molar-refractivity contribution in [1.29, 1.82) is 0 Å². The molecule has 0 amide bonds. The van der Waals surface area contributed by atoms with Crippen LogP contribution < -0.4 is 15.6 Å². The fraction of sp³-hybridized carbons (Fsp3) is 0. The molecule has 0 heterocycles. The van der Waals surface area contributed by atoms with Crippen LogP contribution in [0.5, 0.6) is 0 Å². The van der Waals surface area contributed by atoms with Gasteiger partial charge < -0.3 is 0 Å². The predicted molar refractivity (Wildman–Crippen MR) is 99.0 cm³/mol. The summed E-state index contributed by atoms with van der Waals surface area (Å²) in [4.78, 5) is 0. The van der Waals surface area contributed by atoms with E-state index in [1.807, 2.05) is 36.4 Å². The molecule has 0 aliphatic rings. The average Bonchev–Trinajstić information content (AvgIpc) is 2.53. The molecular weight excluding hydrogens is 351 g/mol. The Bertz CT molecular complexity index is 642. The summed E-state index contributed by atoms with van der Waals surface area (Å²) < 4.78 is 0. The Labute approximate surface area is 146 Å². The minimum atomic E-state index is -1.10. The van der Waals surface area contributed by atoms with Crippen LogP contribution in [0.15, 0.2) is 72.8 Å². The number of halogens is 3. The molecule has 0 aliphatic carbocycles. The van der Waals surface area contributed by atoms with Gasteiger partial charge in [0.2, 0.25) is 0 Å². The molecule has 4 heteroatoms. The van der Waals surface area contributed by atoms with E-state index in [0.29, 0.717) is 0 Å². The van der Waals surface area contributed by atoms with E-state index in [0.717, 1.165) is 15.1 Å². The van der Waals surface area contributed by atoms with Crippen molar-refractivity contribution in [3.05, 3.63) is 87.9 Å². The van der Waals surface area contributed by atoms with Crippen molar-refractivity contribution in [2.75, 3.05) is 0 Å². The van der Waals surface area contributed by atoms with Gasteiger partial charge in [0.15, 0.2) is 8.80 Å². The van der Waals surface area contributed by atoms with Gasteiger partial charge in [-0.15, -0.1) is 0 Å². The molecule has 0 atom stereocenters. The maximum atomic E-state index is 6.03. The molecule has 0 bridgehead atoms. The van der Waals surface area contributed by atoms with E-state index in [4.69, 9.17) is 34.8 Å². The summed E-state index contributed by atoms with van der Waals surface area (Å²) in [5.41, 5.74) is 0. The van der Waals surface area contributed by atoms with Gasteiger partial charge in [0.05, 0.1) is 0 Å². The van der Waals surface area contributed by atoms with Gasteiger partial charge in [0.1, 0.15) is 0 Å². The highest BCUT2D eigenvalue weighted by Crippen LogP contribution is 2.09. The summed E-state index contributed by atoms with van der Waals surface area (Å²) in [6.45, 7) is 0. The number of benzene rings is 3. The molecule has 0 N–H and O–H groups in total. The van der Waals surface area contributed by atoms with E-state index >= 15 is 0 Å². The molecule has 3 rings (SSSR count). The van der Waals surface area contributed by atoms with Crippen LogP contribution >= 0.6 is 34.8 Å². The van der Waals surface area contributed by atoms with E-state index in [1.54, 1.807) is 0 Å². The number of rotatable bonds is 3. The van der Waals surface area contributed by atoms with Gasteiger partial charge in [-0.3, -0.25) is 0 Å². The lowest BCUT2D eigenvalue weighted by Gasteiger charge is -2.17. The van der Waals surface area contributed by atoms with Crippen molar-refractivity contribution in [3.8, 4) is 0 Å². The zero-order valence-corrected chi connectivity index (χ0v) is 14.8. The van der Waals surface area contributed by atoms with Gasteiger partial charge in [0.25, 0.3) is 0 Å². The fourth-order valence-corrected chi connectivity index (χ4v) is 5.23. The van der Waals surface area contributed by atoms with Crippen LogP contribution in [-0.4, -0.2) is 8.80 Å². The highest BCUT2D eigenvalue weighted by Gasteiger charge is 2.19. The first-order valence-electron chi connectivity index (χ1n) is 6.78. The lowest BCUT2D eigenvalue weighted by molar-refractivity contribution is 1.71. The minimum absolute atomic E-state index is 0.748. The zero-order valence-electron chi connectivity index (χ0n) is 11.6. The van der Waals surface area contributed by atoms with Gasteiger partial charge in [-0.05, 0) is 36.4 Å². The molecule has 0 aromatic heterocycles. The van der Waals surface area contributed by atoms with Crippen molar-refractivity contribution in [1.82, 2.24) is 0 Å². The highest BCUT2D eigenvalue weighted by atomic mass is 35.5. The Kier molecular flexibility index (Phi) is 4.89. The summed E-state index contributed by atoms with van der Waals surface area (Å²) in [5, 5.41) is 6.07. The fourth-order valence-electron chi connectivity index (χ4n) is 2.35. The molecule has 3 aromatic carbocycles. The molecule has 0 nitrogen and oxygen atoms in total. The second kappa shape index (κ2) is 6.89. The molecule has 22 heavy (non-hydrogen) atoms. The van der Waals surface area contributed by atoms with Crippen LogP contribution in [0.3, 0.4) is 0 Å². The topological polar surface area (TPSA) is 0 Å². The second-order valence-corrected chi connectivity index (χ2v) is 8.69. The lowest BCUT2D eigenvalue weighted by atomic mass is 10.3. The van der Waals surface area contributed by atoms with Crippen LogP contribution in [0.4, 0.5) is 0 Å². The molecular formula is C18H12Cl3Si. The highest BCUT2D eigenvalue weighted by molar-refractivity contribution is 6.95. The number of hydrogen-bond donors (Lipinski definition) is 0. The first-order valence-corrected chi connectivity index (χ1v) is 9.41. The average molecular weight is 363 g/mol. The van der Waals surface area contributed by atoms with E-state index < -0.39 is 8.80 Å². The number of hydrogen-bond acceptors (Lipinski definition) is 0. The summed E-state index contributed by atoms with van der Waals surface area (Å²) in [5.74, 6) is 0. The second-order valence-electron chi connectivity index (χ2n) is 4.90. The predicted octanol–water partition coefficient (Wildman–Crippen LogP) is 4.16. The minimum Gasteiger partial charge on any atom is -0.0843 e. The van der Waals surface area contributed by atoms with Gasteiger partial charge >= 0.3 is 0 Å². The molecule has 0 saturated carbocycles. The standard InChI is InChI=1S/C18H12Cl3Si/c19-13-1-7-16(8-2-13)22(17-9-3-14(20)4-10-17)18-11-5-15(21)6-12-18/h1-12H. The third kappa shape index (κ3) is 3.56. The van der Waals surface area contributed by atoms with E-state index in [1.165, 1.54) is 15.6 Å². The van der Waals surface area contributed by atoms with Crippen molar-refractivity contribution in [3.63, 3.8) is 0 Å². The Morgan fingerprint density at radius 1 is 0.409 bits per heavy atom. The largest absolute Gasteiger partial charge is 0.154 e. The molecule has 0 aliphatic heterocycles. The van der Waals surface area contributed by atoms with Crippen LogP contribution in [0.2, 0.25) is 15.1 Å². The Morgan fingerprint density at radius 2 is 0.636 bits per heavy atom. The summed E-state index contributed by atoms with van der Waals surface area (Å²) in [7, 11) is -1.10. The first-order chi connectivity index (χ1) is 10.6. The van der Waals surface area contributed by atoms with E-state index in [9.17, 15) is 0 Å². The van der Waals surface area contributed by atoms with E-state index in [2.05, 4.69) is 36.4 Å². The molecule has 0 saturated heterocycles. The molecule has 1 radical (unpaired) electrons. The zero-order chi connectivity index (χ0) is 15.5. The van der Waals surface area contributed by atoms with Gasteiger partial charge in [-0.2, -0.15) is 0 Å². The third-order valence-corrected chi connectivity index (χ3v) is 6.89. The van der Waals surface area contributed by atoms with Gasteiger partial charge in [-0.1, -0.05) is 86.8 Å². The van der Waals surface area contributed by atoms with Gasteiger partial charge in [-0.25, -0.2) is 0 Å². The van der Waals surface area contributed by atoms with Crippen molar-refractivity contribution < 1.29 is 0 Å².